The molecule has 1 N–H and O–H groups in total. The van der Waals surface area contributed by atoms with Crippen molar-refractivity contribution in [3.05, 3.63) is 34.9 Å². The van der Waals surface area contributed by atoms with Crippen molar-refractivity contribution in [1.29, 1.82) is 0 Å². The first-order chi connectivity index (χ1) is 7.68. The van der Waals surface area contributed by atoms with E-state index in [0.29, 0.717) is 10.8 Å². The second-order valence-electron chi connectivity index (χ2n) is 3.22. The number of carbonyl (C=O) groups excluding carboxylic acids is 1. The van der Waals surface area contributed by atoms with Crippen LogP contribution >= 0.6 is 11.3 Å². The topological polar surface area (TPSA) is 67.8 Å². The molecule has 6 heteroatoms. The van der Waals surface area contributed by atoms with Crippen molar-refractivity contribution in [2.24, 2.45) is 0 Å². The lowest BCUT2D eigenvalue weighted by Crippen LogP contribution is -2.16. The van der Waals surface area contributed by atoms with E-state index in [2.05, 4.69) is 20.3 Å². The Bertz CT molecular complexity index is 510. The Labute approximate surface area is 96.6 Å². The number of aromatic nitrogens is 3. The van der Waals surface area contributed by atoms with Crippen LogP contribution in [0.5, 0.6) is 0 Å². The zero-order valence-electron chi connectivity index (χ0n) is 8.89. The average molecular weight is 234 g/mol. The Balaban J connectivity index is 2.24. The molecule has 2 aromatic rings. The van der Waals surface area contributed by atoms with Gasteiger partial charge in [0.05, 0.1) is 0 Å². The molecule has 2 heterocycles. The maximum absolute atomic E-state index is 11.9. The maximum atomic E-state index is 11.9. The Kier molecular flexibility index (Phi) is 2.91. The van der Waals surface area contributed by atoms with Gasteiger partial charge in [-0.15, -0.1) is 11.3 Å². The number of aryl methyl sites for hydroxylation is 1. The first kappa shape index (κ1) is 10.7. The number of hydrogen-bond donors (Lipinski definition) is 1. The number of nitrogens with one attached hydrogen (secondary N) is 1. The highest BCUT2D eigenvalue weighted by molar-refractivity contribution is 7.13. The fourth-order valence-corrected chi connectivity index (χ4v) is 1.73. The van der Waals surface area contributed by atoms with Crippen LogP contribution in [0, 0.1) is 13.8 Å². The first-order valence-electron chi connectivity index (χ1n) is 4.67. The lowest BCUT2D eigenvalue weighted by Gasteiger charge is -2.05. The third-order valence-electron chi connectivity index (χ3n) is 2.20. The average Bonchev–Trinajstić information content (AvgIpc) is 2.74. The second kappa shape index (κ2) is 4.36. The van der Waals surface area contributed by atoms with E-state index in [1.54, 1.807) is 11.6 Å². The minimum Gasteiger partial charge on any atom is -0.296 e. The summed E-state index contributed by atoms with van der Waals surface area (Å²) in [4.78, 5) is 23.8. The number of nitrogens with zero attached hydrogens (tertiary/aromatic N) is 3. The minimum absolute atomic E-state index is 0.252. The van der Waals surface area contributed by atoms with Crippen LogP contribution in [0.25, 0.3) is 0 Å². The highest BCUT2D eigenvalue weighted by atomic mass is 32.1. The van der Waals surface area contributed by atoms with Crippen molar-refractivity contribution >= 4 is 22.4 Å². The molecule has 1 amide bonds. The van der Waals surface area contributed by atoms with E-state index < -0.39 is 0 Å². The van der Waals surface area contributed by atoms with Gasteiger partial charge in [-0.1, -0.05) is 0 Å². The van der Waals surface area contributed by atoms with Gasteiger partial charge >= 0.3 is 0 Å². The molecule has 0 bridgehead atoms. The molecule has 82 valence electrons. The van der Waals surface area contributed by atoms with Gasteiger partial charge in [-0.25, -0.2) is 15.0 Å². The highest BCUT2D eigenvalue weighted by Crippen LogP contribution is 2.13. The lowest BCUT2D eigenvalue weighted by atomic mass is 10.2. The van der Waals surface area contributed by atoms with Gasteiger partial charge in [0.15, 0.2) is 5.13 Å². The summed E-state index contributed by atoms with van der Waals surface area (Å²) < 4.78 is 0. The Morgan fingerprint density at radius 2 is 2.12 bits per heavy atom. The van der Waals surface area contributed by atoms with E-state index in [1.165, 1.54) is 17.7 Å². The van der Waals surface area contributed by atoms with Crippen LogP contribution in [0.15, 0.2) is 17.9 Å². The van der Waals surface area contributed by atoms with Crippen LogP contribution in [-0.2, 0) is 0 Å². The number of rotatable bonds is 2. The Hall–Kier alpha value is -1.82. The molecule has 0 aliphatic carbocycles. The Morgan fingerprint density at radius 1 is 1.31 bits per heavy atom. The molecule has 0 aliphatic heterocycles. The van der Waals surface area contributed by atoms with Crippen molar-refractivity contribution in [3.8, 4) is 0 Å². The number of anilines is 1. The predicted molar refractivity (Wildman–Crippen MR) is 61.6 cm³/mol. The van der Waals surface area contributed by atoms with Gasteiger partial charge in [0.25, 0.3) is 5.91 Å². The van der Waals surface area contributed by atoms with Crippen molar-refractivity contribution < 1.29 is 4.79 Å². The fraction of sp³-hybridized carbons (Fsp3) is 0.200. The molecule has 2 rings (SSSR count). The van der Waals surface area contributed by atoms with Gasteiger partial charge in [-0.3, -0.25) is 10.1 Å². The molecular weight excluding hydrogens is 224 g/mol. The monoisotopic (exact) mass is 234 g/mol. The van der Waals surface area contributed by atoms with Crippen molar-refractivity contribution in [1.82, 2.24) is 15.0 Å². The van der Waals surface area contributed by atoms with Crippen LogP contribution in [0.4, 0.5) is 5.13 Å². The SMILES string of the molecule is Cc1ncnc(C(=O)Nc2nccs2)c1C. The number of thiazole rings is 1. The normalized spacial score (nSPS) is 10.1. The minimum atomic E-state index is -0.252. The summed E-state index contributed by atoms with van der Waals surface area (Å²) >= 11 is 1.37. The van der Waals surface area contributed by atoms with Gasteiger partial charge in [-0.2, -0.15) is 0 Å². The highest BCUT2D eigenvalue weighted by Gasteiger charge is 2.13. The molecule has 5 nitrogen and oxygen atoms in total. The lowest BCUT2D eigenvalue weighted by molar-refractivity contribution is 0.102. The zero-order chi connectivity index (χ0) is 11.5. The van der Waals surface area contributed by atoms with E-state index in [0.717, 1.165) is 11.3 Å². The van der Waals surface area contributed by atoms with Gasteiger partial charge < -0.3 is 0 Å². The van der Waals surface area contributed by atoms with Gasteiger partial charge in [0, 0.05) is 22.8 Å². The molecule has 0 unspecified atom stereocenters. The molecule has 0 saturated heterocycles. The van der Waals surface area contributed by atoms with E-state index in [4.69, 9.17) is 0 Å². The Morgan fingerprint density at radius 3 is 2.81 bits per heavy atom. The van der Waals surface area contributed by atoms with Crippen LogP contribution in [0.3, 0.4) is 0 Å². The van der Waals surface area contributed by atoms with Crippen LogP contribution in [0.2, 0.25) is 0 Å². The summed E-state index contributed by atoms with van der Waals surface area (Å²) in [6.45, 7) is 3.67. The smallest absolute Gasteiger partial charge is 0.276 e. The summed E-state index contributed by atoms with van der Waals surface area (Å²) in [5.41, 5.74) is 1.98. The molecule has 0 aliphatic rings. The third-order valence-corrected chi connectivity index (χ3v) is 2.89. The van der Waals surface area contributed by atoms with E-state index in [9.17, 15) is 4.79 Å². The van der Waals surface area contributed by atoms with Crippen molar-refractivity contribution in [2.45, 2.75) is 13.8 Å². The number of carbonyl (C=O) groups is 1. The van der Waals surface area contributed by atoms with E-state index in [-0.39, 0.29) is 5.91 Å². The number of hydrogen-bond acceptors (Lipinski definition) is 5. The van der Waals surface area contributed by atoms with E-state index >= 15 is 0 Å². The third kappa shape index (κ3) is 2.06. The molecule has 0 radical (unpaired) electrons. The molecule has 0 aromatic carbocycles. The fourth-order valence-electron chi connectivity index (χ4n) is 1.21. The summed E-state index contributed by atoms with van der Waals surface area (Å²) in [5, 5.41) is 5.05. The first-order valence-corrected chi connectivity index (χ1v) is 5.55. The van der Waals surface area contributed by atoms with Gasteiger partial charge in [0.1, 0.15) is 12.0 Å². The summed E-state index contributed by atoms with van der Waals surface area (Å²) in [7, 11) is 0. The number of amides is 1. The molecule has 0 fully saturated rings. The van der Waals surface area contributed by atoms with Gasteiger partial charge in [0.2, 0.25) is 0 Å². The van der Waals surface area contributed by atoms with Crippen molar-refractivity contribution in [2.75, 3.05) is 5.32 Å². The summed E-state index contributed by atoms with van der Waals surface area (Å²) in [6, 6.07) is 0. The molecule has 2 aromatic heterocycles. The maximum Gasteiger partial charge on any atom is 0.276 e. The quantitative estimate of drug-likeness (QED) is 0.860. The van der Waals surface area contributed by atoms with Crippen LogP contribution in [0.1, 0.15) is 21.7 Å². The molecule has 16 heavy (non-hydrogen) atoms. The summed E-state index contributed by atoms with van der Waals surface area (Å²) in [6.07, 6.45) is 3.03. The standard InChI is InChI=1S/C10H10N4OS/c1-6-7(2)12-5-13-8(6)9(15)14-10-11-3-4-16-10/h3-5H,1-2H3,(H,11,14,15). The van der Waals surface area contributed by atoms with Gasteiger partial charge in [-0.05, 0) is 13.8 Å². The molecular formula is C10H10N4OS. The van der Waals surface area contributed by atoms with E-state index in [1.807, 2.05) is 13.8 Å². The second-order valence-corrected chi connectivity index (χ2v) is 4.12. The summed E-state index contributed by atoms with van der Waals surface area (Å²) in [5.74, 6) is -0.252. The predicted octanol–water partition coefficient (Wildman–Crippen LogP) is 1.80. The van der Waals surface area contributed by atoms with Crippen LogP contribution in [-0.4, -0.2) is 20.9 Å². The van der Waals surface area contributed by atoms with Crippen LogP contribution < -0.4 is 5.32 Å². The molecule has 0 saturated carbocycles. The largest absolute Gasteiger partial charge is 0.296 e. The zero-order valence-corrected chi connectivity index (χ0v) is 9.71. The van der Waals surface area contributed by atoms with Crippen molar-refractivity contribution in [3.63, 3.8) is 0 Å². The molecule has 0 atom stereocenters. The molecule has 0 spiro atoms.